The molecule has 0 spiro atoms. The van der Waals surface area contributed by atoms with Crippen LogP contribution in [0.1, 0.15) is 36.0 Å². The zero-order valence-corrected chi connectivity index (χ0v) is 10.1. The van der Waals surface area contributed by atoms with Crippen LogP contribution in [-0.2, 0) is 0 Å². The van der Waals surface area contributed by atoms with Gasteiger partial charge in [-0.1, -0.05) is 12.8 Å². The summed E-state index contributed by atoms with van der Waals surface area (Å²) in [6.07, 6.45) is 8.10. The number of hydrogen-bond acceptors (Lipinski definition) is 2. The van der Waals surface area contributed by atoms with Crippen molar-refractivity contribution in [2.24, 2.45) is 0 Å². The molecule has 1 aromatic rings. The molecule has 1 amide bonds. The summed E-state index contributed by atoms with van der Waals surface area (Å²) < 4.78 is 0. The number of halogens is 1. The molecule has 3 nitrogen and oxygen atoms in total. The van der Waals surface area contributed by atoms with E-state index in [-0.39, 0.29) is 18.3 Å². The lowest BCUT2D eigenvalue weighted by Crippen LogP contribution is -2.31. The summed E-state index contributed by atoms with van der Waals surface area (Å²) in [6, 6.07) is 3.64. The van der Waals surface area contributed by atoms with Gasteiger partial charge in [-0.25, -0.2) is 0 Å². The highest BCUT2D eigenvalue weighted by Gasteiger charge is 2.16. The first-order valence-electron chi connectivity index (χ1n) is 5.57. The quantitative estimate of drug-likeness (QED) is 0.756. The molecule has 0 saturated carbocycles. The Balaban J connectivity index is 0.00000128. The predicted molar refractivity (Wildman–Crippen MR) is 65.9 cm³/mol. The molecule has 88 valence electrons. The Morgan fingerprint density at radius 2 is 1.88 bits per heavy atom. The first kappa shape index (κ1) is 13.0. The van der Waals surface area contributed by atoms with Crippen molar-refractivity contribution in [3.8, 4) is 0 Å². The van der Waals surface area contributed by atoms with Crippen LogP contribution in [-0.4, -0.2) is 28.9 Å². The van der Waals surface area contributed by atoms with Crippen LogP contribution in [0.4, 0.5) is 0 Å². The van der Waals surface area contributed by atoms with Gasteiger partial charge in [0, 0.05) is 25.5 Å². The first-order valence-corrected chi connectivity index (χ1v) is 5.57. The summed E-state index contributed by atoms with van der Waals surface area (Å²) in [7, 11) is 0. The fourth-order valence-electron chi connectivity index (χ4n) is 1.95. The highest BCUT2D eigenvalue weighted by molar-refractivity contribution is 5.93. The topological polar surface area (TPSA) is 33.2 Å². The van der Waals surface area contributed by atoms with E-state index in [9.17, 15) is 4.79 Å². The van der Waals surface area contributed by atoms with Crippen LogP contribution in [0.2, 0.25) is 0 Å². The lowest BCUT2D eigenvalue weighted by Gasteiger charge is -2.19. The number of aromatic nitrogens is 1. The summed E-state index contributed by atoms with van der Waals surface area (Å²) in [5, 5.41) is 0. The van der Waals surface area contributed by atoms with E-state index in [1.54, 1.807) is 12.4 Å². The number of pyridine rings is 1. The molecule has 1 fully saturated rings. The summed E-state index contributed by atoms with van der Waals surface area (Å²) >= 11 is 0. The Morgan fingerprint density at radius 1 is 1.19 bits per heavy atom. The minimum Gasteiger partial charge on any atom is -0.339 e. The zero-order chi connectivity index (χ0) is 10.5. The van der Waals surface area contributed by atoms with Gasteiger partial charge in [0.2, 0.25) is 0 Å². The van der Waals surface area contributed by atoms with Crippen LogP contribution in [0, 0.1) is 0 Å². The van der Waals surface area contributed by atoms with Crippen molar-refractivity contribution in [3.05, 3.63) is 30.1 Å². The average molecular weight is 241 g/mol. The number of rotatable bonds is 1. The van der Waals surface area contributed by atoms with Crippen molar-refractivity contribution in [2.75, 3.05) is 13.1 Å². The molecule has 1 saturated heterocycles. The summed E-state index contributed by atoms with van der Waals surface area (Å²) in [4.78, 5) is 18.0. The molecule has 0 atom stereocenters. The second-order valence-electron chi connectivity index (χ2n) is 3.95. The van der Waals surface area contributed by atoms with Crippen molar-refractivity contribution in [2.45, 2.75) is 25.7 Å². The molecular formula is C12H17ClN2O. The third kappa shape index (κ3) is 3.20. The van der Waals surface area contributed by atoms with Crippen molar-refractivity contribution < 1.29 is 4.79 Å². The van der Waals surface area contributed by atoms with E-state index >= 15 is 0 Å². The maximum absolute atomic E-state index is 12.0. The van der Waals surface area contributed by atoms with E-state index < -0.39 is 0 Å². The highest BCUT2D eigenvalue weighted by atomic mass is 35.5. The Labute approximate surface area is 102 Å². The van der Waals surface area contributed by atoms with Gasteiger partial charge in [0.05, 0.1) is 5.56 Å². The molecule has 0 aliphatic carbocycles. The van der Waals surface area contributed by atoms with E-state index in [2.05, 4.69) is 4.98 Å². The maximum atomic E-state index is 12.0. The molecule has 1 aromatic heterocycles. The molecule has 16 heavy (non-hydrogen) atoms. The minimum atomic E-state index is 0. The number of hydrogen-bond donors (Lipinski definition) is 0. The van der Waals surface area contributed by atoms with Crippen molar-refractivity contribution in [1.29, 1.82) is 0 Å². The minimum absolute atomic E-state index is 0. The fourth-order valence-corrected chi connectivity index (χ4v) is 1.95. The molecule has 0 unspecified atom stereocenters. The second-order valence-corrected chi connectivity index (χ2v) is 3.95. The number of carbonyl (C=O) groups excluding carboxylic acids is 1. The van der Waals surface area contributed by atoms with Crippen LogP contribution in [0.15, 0.2) is 24.5 Å². The van der Waals surface area contributed by atoms with Gasteiger partial charge in [0.25, 0.3) is 5.91 Å². The van der Waals surface area contributed by atoms with Crippen LogP contribution in [0.5, 0.6) is 0 Å². The van der Waals surface area contributed by atoms with Gasteiger partial charge >= 0.3 is 0 Å². The van der Waals surface area contributed by atoms with Crippen molar-refractivity contribution in [1.82, 2.24) is 9.88 Å². The number of likely N-dealkylation sites (tertiary alicyclic amines) is 1. The third-order valence-corrected chi connectivity index (χ3v) is 2.80. The van der Waals surface area contributed by atoms with Gasteiger partial charge in [-0.05, 0) is 25.0 Å². The number of carbonyl (C=O) groups is 1. The van der Waals surface area contributed by atoms with Crippen LogP contribution in [0.3, 0.4) is 0 Å². The Kier molecular flexibility index (Phi) is 5.26. The molecule has 0 radical (unpaired) electrons. The number of amides is 1. The van der Waals surface area contributed by atoms with Crippen molar-refractivity contribution in [3.63, 3.8) is 0 Å². The fraction of sp³-hybridized carbons (Fsp3) is 0.500. The highest BCUT2D eigenvalue weighted by Crippen LogP contribution is 2.12. The molecular weight excluding hydrogens is 224 g/mol. The second kappa shape index (κ2) is 6.48. The van der Waals surface area contributed by atoms with Crippen LogP contribution in [0.25, 0.3) is 0 Å². The van der Waals surface area contributed by atoms with E-state index in [1.165, 1.54) is 12.8 Å². The van der Waals surface area contributed by atoms with Gasteiger partial charge in [0.1, 0.15) is 0 Å². The zero-order valence-electron chi connectivity index (χ0n) is 9.26. The summed E-state index contributed by atoms with van der Waals surface area (Å²) in [5.41, 5.74) is 0.708. The number of nitrogens with zero attached hydrogens (tertiary/aromatic N) is 2. The largest absolute Gasteiger partial charge is 0.339 e. The molecule has 1 aliphatic rings. The van der Waals surface area contributed by atoms with E-state index in [1.807, 2.05) is 17.0 Å². The van der Waals surface area contributed by atoms with Crippen LogP contribution < -0.4 is 0 Å². The Hall–Kier alpha value is -1.09. The van der Waals surface area contributed by atoms with Gasteiger partial charge in [-0.2, -0.15) is 0 Å². The standard InChI is InChI=1S/C12H16N2O.ClH/c15-12(11-6-5-7-13-10-11)14-8-3-1-2-4-9-14;/h5-7,10H,1-4,8-9H2;1H. The summed E-state index contributed by atoms with van der Waals surface area (Å²) in [5.74, 6) is 0.130. The first-order chi connectivity index (χ1) is 7.38. The molecule has 0 aromatic carbocycles. The monoisotopic (exact) mass is 240 g/mol. The Bertz CT molecular complexity index is 321. The van der Waals surface area contributed by atoms with Gasteiger partial charge < -0.3 is 4.90 Å². The molecule has 2 heterocycles. The molecule has 4 heteroatoms. The average Bonchev–Trinajstić information content (AvgIpc) is 2.58. The van der Waals surface area contributed by atoms with Gasteiger partial charge in [0.15, 0.2) is 0 Å². The lowest BCUT2D eigenvalue weighted by atomic mass is 10.2. The van der Waals surface area contributed by atoms with E-state index in [0.717, 1.165) is 25.9 Å². The lowest BCUT2D eigenvalue weighted by molar-refractivity contribution is 0.0761. The SMILES string of the molecule is Cl.O=C(c1cccnc1)N1CCCCCC1. The molecule has 2 rings (SSSR count). The molecule has 0 bridgehead atoms. The predicted octanol–water partition coefficient (Wildman–Crippen LogP) is 2.52. The molecule has 1 aliphatic heterocycles. The van der Waals surface area contributed by atoms with E-state index in [0.29, 0.717) is 5.56 Å². The third-order valence-electron chi connectivity index (χ3n) is 2.80. The normalized spacial score (nSPS) is 16.1. The molecule has 0 N–H and O–H groups in total. The maximum Gasteiger partial charge on any atom is 0.255 e. The summed E-state index contributed by atoms with van der Waals surface area (Å²) in [6.45, 7) is 1.79. The van der Waals surface area contributed by atoms with Crippen molar-refractivity contribution >= 4 is 18.3 Å². The van der Waals surface area contributed by atoms with Gasteiger partial charge in [-0.3, -0.25) is 9.78 Å². The van der Waals surface area contributed by atoms with Gasteiger partial charge in [-0.15, -0.1) is 12.4 Å². The Morgan fingerprint density at radius 3 is 2.44 bits per heavy atom. The smallest absolute Gasteiger partial charge is 0.255 e. The van der Waals surface area contributed by atoms with E-state index in [4.69, 9.17) is 0 Å². The van der Waals surface area contributed by atoms with Crippen LogP contribution >= 0.6 is 12.4 Å².